The third kappa shape index (κ3) is 2.66. The van der Waals surface area contributed by atoms with E-state index < -0.39 is 17.6 Å². The summed E-state index contributed by atoms with van der Waals surface area (Å²) < 4.78 is 13.3. The van der Waals surface area contributed by atoms with Gasteiger partial charge in [0, 0.05) is 18.1 Å². The number of nitrogens with one attached hydrogen (secondary N) is 3. The second-order valence-electron chi connectivity index (χ2n) is 6.46. The molecule has 2 amide bonds. The number of allylic oxidation sites excluding steroid dienone is 2. The molecule has 2 heterocycles. The van der Waals surface area contributed by atoms with E-state index >= 15 is 0 Å². The summed E-state index contributed by atoms with van der Waals surface area (Å²) in [5, 5.41) is 5.62. The van der Waals surface area contributed by atoms with E-state index in [0.29, 0.717) is 41.0 Å². The molecule has 7 heteroatoms. The number of anilines is 1. The first-order valence-electron chi connectivity index (χ1n) is 8.00. The number of halogens is 1. The average molecular weight is 328 g/mol. The zero-order valence-corrected chi connectivity index (χ0v) is 12.9. The van der Waals surface area contributed by atoms with Crippen molar-refractivity contribution in [3.05, 3.63) is 36.4 Å². The molecule has 3 atom stereocenters. The number of aromatic nitrogens is 2. The highest BCUT2D eigenvalue weighted by Gasteiger charge is 2.35. The number of amides is 2. The number of hydrogen-bond acceptors (Lipinski definition) is 3. The van der Waals surface area contributed by atoms with Gasteiger partial charge in [-0.1, -0.05) is 12.2 Å². The third-order valence-electron chi connectivity index (χ3n) is 4.89. The largest absolute Gasteiger partial charge is 0.348 e. The Morgan fingerprint density at radius 1 is 1.29 bits per heavy atom. The number of carbonyl (C=O) groups is 2. The van der Waals surface area contributed by atoms with Crippen molar-refractivity contribution in [1.82, 2.24) is 15.3 Å². The number of nitrogens with zero attached hydrogens (tertiary/aromatic N) is 1. The number of carbonyl (C=O) groups excluding carboxylic acids is 2. The molecule has 2 bridgehead atoms. The summed E-state index contributed by atoms with van der Waals surface area (Å²) in [4.78, 5) is 30.7. The number of hydrogen-bond donors (Lipinski definition) is 3. The van der Waals surface area contributed by atoms with Crippen molar-refractivity contribution in [3.8, 4) is 0 Å². The molecule has 3 unspecified atom stereocenters. The number of aromatic amines is 1. The SMILES string of the molecule is O=C(NCC1CC2C=CC1C2)C(=O)Nc1c[nH]c2ncc(F)cc12. The van der Waals surface area contributed by atoms with Gasteiger partial charge in [-0.05, 0) is 36.7 Å². The average Bonchev–Trinajstić information content (AvgIpc) is 3.28. The van der Waals surface area contributed by atoms with E-state index in [2.05, 4.69) is 32.8 Å². The lowest BCUT2D eigenvalue weighted by Crippen LogP contribution is -2.38. The first-order chi connectivity index (χ1) is 11.6. The first-order valence-corrected chi connectivity index (χ1v) is 8.00. The quantitative estimate of drug-likeness (QED) is 0.595. The predicted molar refractivity (Wildman–Crippen MR) is 86.5 cm³/mol. The molecule has 0 aliphatic heterocycles. The number of H-pyrrole nitrogens is 1. The van der Waals surface area contributed by atoms with E-state index in [9.17, 15) is 14.0 Å². The smallest absolute Gasteiger partial charge is 0.313 e. The van der Waals surface area contributed by atoms with E-state index in [1.165, 1.54) is 12.3 Å². The van der Waals surface area contributed by atoms with Crippen LogP contribution in [0.25, 0.3) is 11.0 Å². The van der Waals surface area contributed by atoms with Crippen LogP contribution in [-0.4, -0.2) is 28.3 Å². The van der Waals surface area contributed by atoms with Crippen molar-refractivity contribution in [2.75, 3.05) is 11.9 Å². The van der Waals surface area contributed by atoms with Crippen LogP contribution < -0.4 is 10.6 Å². The van der Waals surface area contributed by atoms with Crippen LogP contribution in [0.2, 0.25) is 0 Å². The minimum absolute atomic E-state index is 0.333. The molecule has 124 valence electrons. The van der Waals surface area contributed by atoms with Gasteiger partial charge in [0.15, 0.2) is 0 Å². The van der Waals surface area contributed by atoms with Crippen molar-refractivity contribution < 1.29 is 14.0 Å². The van der Waals surface area contributed by atoms with Gasteiger partial charge in [0.05, 0.1) is 11.9 Å². The maximum atomic E-state index is 13.3. The molecule has 1 fully saturated rings. The van der Waals surface area contributed by atoms with Crippen LogP contribution >= 0.6 is 0 Å². The highest BCUT2D eigenvalue weighted by Crippen LogP contribution is 2.42. The Bertz CT molecular complexity index is 844. The standard InChI is InChI=1S/C17H17FN4O2/c18-12-5-13-14(8-20-15(13)19-7-12)22-17(24)16(23)21-6-11-4-9-1-2-10(11)3-9/h1-2,5,7-11H,3-4,6H2,(H,19,20)(H,21,23)(H,22,24). The van der Waals surface area contributed by atoms with Gasteiger partial charge in [-0.25, -0.2) is 9.37 Å². The number of rotatable bonds is 3. The van der Waals surface area contributed by atoms with Crippen LogP contribution in [0.3, 0.4) is 0 Å². The van der Waals surface area contributed by atoms with Crippen LogP contribution in [0.1, 0.15) is 12.8 Å². The maximum Gasteiger partial charge on any atom is 0.313 e. The lowest BCUT2D eigenvalue weighted by atomic mass is 9.94. The molecule has 2 aliphatic carbocycles. The van der Waals surface area contributed by atoms with Crippen molar-refractivity contribution in [3.63, 3.8) is 0 Å². The lowest BCUT2D eigenvalue weighted by Gasteiger charge is -2.18. The Morgan fingerprint density at radius 2 is 2.17 bits per heavy atom. The summed E-state index contributed by atoms with van der Waals surface area (Å²) in [6.07, 6.45) is 9.24. The van der Waals surface area contributed by atoms with Gasteiger partial charge in [0.1, 0.15) is 11.5 Å². The Hall–Kier alpha value is -2.70. The minimum atomic E-state index is -0.765. The molecule has 2 aliphatic rings. The van der Waals surface area contributed by atoms with E-state index in [1.807, 2.05) is 0 Å². The molecule has 2 aromatic rings. The van der Waals surface area contributed by atoms with Gasteiger partial charge in [-0.3, -0.25) is 9.59 Å². The van der Waals surface area contributed by atoms with Crippen LogP contribution in [0.15, 0.2) is 30.6 Å². The fourth-order valence-corrected chi connectivity index (χ4v) is 3.69. The summed E-state index contributed by atoms with van der Waals surface area (Å²) in [6, 6.07) is 1.26. The lowest BCUT2D eigenvalue weighted by molar-refractivity contribution is -0.136. The van der Waals surface area contributed by atoms with Crippen LogP contribution in [0, 0.1) is 23.6 Å². The van der Waals surface area contributed by atoms with Crippen molar-refractivity contribution in [2.24, 2.45) is 17.8 Å². The molecule has 0 aromatic carbocycles. The minimum Gasteiger partial charge on any atom is -0.348 e. The first kappa shape index (κ1) is 14.9. The summed E-state index contributed by atoms with van der Waals surface area (Å²) >= 11 is 0. The van der Waals surface area contributed by atoms with E-state index in [4.69, 9.17) is 0 Å². The van der Waals surface area contributed by atoms with Crippen molar-refractivity contribution in [2.45, 2.75) is 12.8 Å². The Balaban J connectivity index is 1.37. The fraction of sp³-hybridized carbons (Fsp3) is 0.353. The number of pyridine rings is 1. The molecular formula is C17H17FN4O2. The van der Waals surface area contributed by atoms with Gasteiger partial charge >= 0.3 is 11.8 Å². The van der Waals surface area contributed by atoms with Crippen LogP contribution in [-0.2, 0) is 9.59 Å². The van der Waals surface area contributed by atoms with Gasteiger partial charge in [-0.2, -0.15) is 0 Å². The Kier molecular flexibility index (Phi) is 3.55. The molecule has 0 spiro atoms. The second-order valence-corrected chi connectivity index (χ2v) is 6.46. The van der Waals surface area contributed by atoms with E-state index in [1.54, 1.807) is 0 Å². The zero-order valence-electron chi connectivity index (χ0n) is 12.9. The normalized spacial score (nSPS) is 24.5. The summed E-state index contributed by atoms with van der Waals surface area (Å²) in [5.74, 6) is -0.408. The highest BCUT2D eigenvalue weighted by molar-refractivity contribution is 6.40. The highest BCUT2D eigenvalue weighted by atomic mass is 19.1. The predicted octanol–water partition coefficient (Wildman–Crippen LogP) is 1.97. The number of fused-ring (bicyclic) bond motifs is 3. The topological polar surface area (TPSA) is 86.9 Å². The van der Waals surface area contributed by atoms with E-state index in [-0.39, 0.29) is 0 Å². The molecule has 0 radical (unpaired) electrons. The molecule has 4 rings (SSSR count). The summed E-state index contributed by atoms with van der Waals surface area (Å²) in [6.45, 7) is 0.502. The Morgan fingerprint density at radius 3 is 2.92 bits per heavy atom. The molecule has 24 heavy (non-hydrogen) atoms. The molecule has 6 nitrogen and oxygen atoms in total. The molecular weight excluding hydrogens is 311 g/mol. The van der Waals surface area contributed by atoms with Gasteiger partial charge in [0.2, 0.25) is 0 Å². The maximum absolute atomic E-state index is 13.3. The monoisotopic (exact) mass is 328 g/mol. The molecule has 2 aromatic heterocycles. The van der Waals surface area contributed by atoms with E-state index in [0.717, 1.165) is 19.0 Å². The fourth-order valence-electron chi connectivity index (χ4n) is 3.69. The molecule has 3 N–H and O–H groups in total. The Labute approximate surface area is 137 Å². The van der Waals surface area contributed by atoms with Gasteiger partial charge in [-0.15, -0.1) is 0 Å². The summed E-state index contributed by atoms with van der Waals surface area (Å²) in [7, 11) is 0. The zero-order chi connectivity index (χ0) is 16.7. The van der Waals surface area contributed by atoms with Gasteiger partial charge < -0.3 is 15.6 Å². The second kappa shape index (κ2) is 5.74. The van der Waals surface area contributed by atoms with Crippen molar-refractivity contribution in [1.29, 1.82) is 0 Å². The van der Waals surface area contributed by atoms with Crippen LogP contribution in [0.5, 0.6) is 0 Å². The third-order valence-corrected chi connectivity index (χ3v) is 4.89. The summed E-state index contributed by atoms with van der Waals surface area (Å²) in [5.41, 5.74) is 0.779. The van der Waals surface area contributed by atoms with Crippen LogP contribution in [0.4, 0.5) is 10.1 Å². The molecule has 1 saturated carbocycles. The molecule has 0 saturated heterocycles. The van der Waals surface area contributed by atoms with Gasteiger partial charge in [0.25, 0.3) is 0 Å². The van der Waals surface area contributed by atoms with Crippen molar-refractivity contribution >= 4 is 28.5 Å².